The van der Waals surface area contributed by atoms with Crippen molar-refractivity contribution in [3.8, 4) is 0 Å². The van der Waals surface area contributed by atoms with Crippen molar-refractivity contribution in [1.29, 1.82) is 0 Å². The Balaban J connectivity index is 3.55. The molecule has 0 rings (SSSR count). The molecule has 0 heterocycles. The first-order valence-electron chi connectivity index (χ1n) is 2.00. The average Bonchev–Trinajstić information content (AvgIpc) is 1.65. The Morgan fingerprint density at radius 3 is 2.43 bits per heavy atom. The van der Waals surface area contributed by atoms with E-state index in [2.05, 4.69) is 6.58 Å². The Morgan fingerprint density at radius 2 is 2.43 bits per heavy atom. The van der Waals surface area contributed by atoms with Crippen molar-refractivity contribution >= 4 is 16.8 Å². The highest BCUT2D eigenvalue weighted by atomic mass is 35.5. The van der Waals surface area contributed by atoms with Gasteiger partial charge in [0, 0.05) is 5.92 Å². The lowest BCUT2D eigenvalue weighted by Crippen LogP contribution is -1.97. The van der Waals surface area contributed by atoms with E-state index >= 15 is 0 Å². The van der Waals surface area contributed by atoms with E-state index in [1.807, 2.05) is 0 Å². The second-order valence-corrected chi connectivity index (χ2v) is 1.70. The van der Waals surface area contributed by atoms with Crippen LogP contribution in [-0.2, 0) is 4.79 Å². The summed E-state index contributed by atoms with van der Waals surface area (Å²) in [6.45, 7) is 5.07. The van der Waals surface area contributed by atoms with Crippen molar-refractivity contribution in [2.75, 3.05) is 0 Å². The van der Waals surface area contributed by atoms with Gasteiger partial charge in [0.15, 0.2) is 0 Å². The second-order valence-electron chi connectivity index (χ2n) is 1.33. The summed E-state index contributed by atoms with van der Waals surface area (Å²) in [4.78, 5) is 10.1. The summed E-state index contributed by atoms with van der Waals surface area (Å²) in [5.74, 6) is -0.207. The fourth-order valence-corrected chi connectivity index (χ4v) is 0.182. The van der Waals surface area contributed by atoms with E-state index in [1.54, 1.807) is 6.92 Å². The molecule has 7 heavy (non-hydrogen) atoms. The number of carbonyl (C=O) groups excluding carboxylic acids is 1. The number of rotatable bonds is 2. The van der Waals surface area contributed by atoms with Crippen LogP contribution in [0.1, 0.15) is 6.92 Å². The van der Waals surface area contributed by atoms with Gasteiger partial charge in [0.25, 0.3) is 0 Å². The predicted octanol–water partition coefficient (Wildman–Crippen LogP) is 1.57. The number of allylic oxidation sites excluding steroid dienone is 1. The highest BCUT2D eigenvalue weighted by Gasteiger charge is 2.01. The summed E-state index contributed by atoms with van der Waals surface area (Å²) in [6.07, 6.45) is 1.51. The highest BCUT2D eigenvalue weighted by molar-refractivity contribution is 6.64. The minimum atomic E-state index is -0.352. The molecule has 0 saturated heterocycles. The molecule has 0 bridgehead atoms. The predicted molar refractivity (Wildman–Crippen MR) is 30.2 cm³/mol. The molecule has 40 valence electrons. The monoisotopic (exact) mass is 118 g/mol. The van der Waals surface area contributed by atoms with Crippen molar-refractivity contribution in [2.24, 2.45) is 5.92 Å². The summed E-state index contributed by atoms with van der Waals surface area (Å²) in [6, 6.07) is 0. The lowest BCUT2D eigenvalue weighted by molar-refractivity contribution is -0.113. The molecule has 0 aliphatic rings. The zero-order valence-corrected chi connectivity index (χ0v) is 4.90. The topological polar surface area (TPSA) is 17.1 Å². The molecule has 2 heteroatoms. The van der Waals surface area contributed by atoms with Crippen molar-refractivity contribution in [2.45, 2.75) is 6.92 Å². The van der Waals surface area contributed by atoms with Crippen molar-refractivity contribution < 1.29 is 4.79 Å². The third kappa shape index (κ3) is 2.40. The van der Waals surface area contributed by atoms with Crippen molar-refractivity contribution in [1.82, 2.24) is 0 Å². The molecule has 0 amide bonds. The summed E-state index contributed by atoms with van der Waals surface area (Å²) in [5.41, 5.74) is 0. The van der Waals surface area contributed by atoms with Crippen LogP contribution in [0.2, 0.25) is 0 Å². The Hall–Kier alpha value is -0.300. The average molecular weight is 119 g/mol. The van der Waals surface area contributed by atoms with Crippen LogP contribution in [0.4, 0.5) is 0 Å². The molecular weight excluding hydrogens is 112 g/mol. The summed E-state index contributed by atoms with van der Waals surface area (Å²) >= 11 is 5.02. The largest absolute Gasteiger partial charge is 0.281 e. The van der Waals surface area contributed by atoms with Crippen molar-refractivity contribution in [3.05, 3.63) is 12.7 Å². The summed E-state index contributed by atoms with van der Waals surface area (Å²) < 4.78 is 0. The molecule has 0 saturated carbocycles. The molecule has 0 aliphatic heterocycles. The molecule has 0 aliphatic carbocycles. The Labute approximate surface area is 48.0 Å². The zero-order chi connectivity index (χ0) is 5.86. The molecule has 0 radical (unpaired) electrons. The zero-order valence-electron chi connectivity index (χ0n) is 4.15. The van der Waals surface area contributed by atoms with Crippen LogP contribution >= 0.6 is 11.6 Å². The standard InChI is InChI=1S/C5H7ClO/c1-3-4(2)5(6)7/h3-4H,1H2,2H3/t4-/m0/s1. The molecule has 0 spiro atoms. The third-order valence-electron chi connectivity index (χ3n) is 0.712. The Bertz CT molecular complexity index is 88.1. The van der Waals surface area contributed by atoms with Crippen LogP contribution in [0.25, 0.3) is 0 Å². The van der Waals surface area contributed by atoms with E-state index in [4.69, 9.17) is 11.6 Å². The van der Waals surface area contributed by atoms with Gasteiger partial charge in [-0.25, -0.2) is 0 Å². The molecule has 0 fully saturated rings. The van der Waals surface area contributed by atoms with E-state index in [0.29, 0.717) is 0 Å². The number of carbonyl (C=O) groups is 1. The fraction of sp³-hybridized carbons (Fsp3) is 0.400. The summed E-state index contributed by atoms with van der Waals surface area (Å²) in [5, 5.41) is -0.352. The molecule has 0 aromatic carbocycles. The van der Waals surface area contributed by atoms with E-state index < -0.39 is 0 Å². The van der Waals surface area contributed by atoms with E-state index in [9.17, 15) is 4.79 Å². The number of hydrogen-bond donors (Lipinski definition) is 0. The van der Waals surface area contributed by atoms with Crippen LogP contribution in [0.15, 0.2) is 12.7 Å². The Morgan fingerprint density at radius 1 is 2.00 bits per heavy atom. The Kier molecular flexibility index (Phi) is 2.68. The quantitative estimate of drug-likeness (QED) is 0.397. The van der Waals surface area contributed by atoms with Gasteiger partial charge in [-0.3, -0.25) is 4.79 Å². The lowest BCUT2D eigenvalue weighted by Gasteiger charge is -1.91. The number of hydrogen-bond acceptors (Lipinski definition) is 1. The second kappa shape index (κ2) is 2.80. The first-order valence-corrected chi connectivity index (χ1v) is 2.38. The van der Waals surface area contributed by atoms with Gasteiger partial charge >= 0.3 is 0 Å². The smallest absolute Gasteiger partial charge is 0.228 e. The summed E-state index contributed by atoms with van der Waals surface area (Å²) in [7, 11) is 0. The first kappa shape index (κ1) is 6.70. The molecule has 0 unspecified atom stereocenters. The maximum atomic E-state index is 10.1. The van der Waals surface area contributed by atoms with E-state index in [0.717, 1.165) is 0 Å². The molecule has 0 aromatic heterocycles. The molecular formula is C5H7ClO. The van der Waals surface area contributed by atoms with Gasteiger partial charge < -0.3 is 0 Å². The van der Waals surface area contributed by atoms with Crippen LogP contribution in [0.3, 0.4) is 0 Å². The van der Waals surface area contributed by atoms with E-state index in [1.165, 1.54) is 6.08 Å². The molecule has 1 atom stereocenters. The van der Waals surface area contributed by atoms with Gasteiger partial charge in [-0.15, -0.1) is 6.58 Å². The minimum absolute atomic E-state index is 0.207. The van der Waals surface area contributed by atoms with Gasteiger partial charge in [-0.2, -0.15) is 0 Å². The van der Waals surface area contributed by atoms with Crippen LogP contribution in [0.5, 0.6) is 0 Å². The van der Waals surface area contributed by atoms with Gasteiger partial charge in [-0.1, -0.05) is 13.0 Å². The van der Waals surface area contributed by atoms with Gasteiger partial charge in [0.2, 0.25) is 5.24 Å². The fourth-order valence-electron chi connectivity index (χ4n) is 0.0927. The van der Waals surface area contributed by atoms with Gasteiger partial charge in [0.05, 0.1) is 0 Å². The molecule has 1 nitrogen and oxygen atoms in total. The van der Waals surface area contributed by atoms with E-state index in [-0.39, 0.29) is 11.2 Å². The molecule has 0 N–H and O–H groups in total. The minimum Gasteiger partial charge on any atom is -0.281 e. The maximum Gasteiger partial charge on any atom is 0.228 e. The first-order chi connectivity index (χ1) is 3.18. The highest BCUT2D eigenvalue weighted by Crippen LogP contribution is 1.99. The normalized spacial score (nSPS) is 12.9. The van der Waals surface area contributed by atoms with Crippen LogP contribution in [-0.4, -0.2) is 5.24 Å². The lowest BCUT2D eigenvalue weighted by atomic mass is 10.2. The SMILES string of the molecule is C=C[C@H](C)C(=O)Cl. The van der Waals surface area contributed by atoms with Crippen molar-refractivity contribution in [3.63, 3.8) is 0 Å². The maximum absolute atomic E-state index is 10.1. The van der Waals surface area contributed by atoms with Crippen LogP contribution < -0.4 is 0 Å². The van der Waals surface area contributed by atoms with Gasteiger partial charge in [0.1, 0.15) is 0 Å². The van der Waals surface area contributed by atoms with Crippen LogP contribution in [0, 0.1) is 5.92 Å². The number of halogens is 1. The third-order valence-corrected chi connectivity index (χ3v) is 1.06. The molecule has 0 aromatic rings. The van der Waals surface area contributed by atoms with Gasteiger partial charge in [-0.05, 0) is 11.6 Å².